The van der Waals surface area contributed by atoms with Crippen LogP contribution in [0.5, 0.6) is 0 Å². The fourth-order valence-electron chi connectivity index (χ4n) is 0.794. The van der Waals surface area contributed by atoms with Crippen LogP contribution in [-0.4, -0.2) is 11.6 Å². The van der Waals surface area contributed by atoms with Gasteiger partial charge in [-0.1, -0.05) is 27.2 Å². The highest BCUT2D eigenvalue weighted by molar-refractivity contribution is 4.67. The van der Waals surface area contributed by atoms with Gasteiger partial charge in [0.1, 0.15) is 0 Å². The maximum atomic E-state index is 5.61. The van der Waals surface area contributed by atoms with Crippen LogP contribution >= 0.6 is 0 Å². The Balaban J connectivity index is 3.75. The SMILES string of the molecule is CCC(C)C(C)NOC(C)(C)CC. The monoisotopic (exact) mass is 187 g/mol. The second kappa shape index (κ2) is 5.61. The number of nitrogens with one attached hydrogen (secondary N) is 1. The fraction of sp³-hybridized carbons (Fsp3) is 1.00. The lowest BCUT2D eigenvalue weighted by Gasteiger charge is -2.28. The molecule has 2 unspecified atom stereocenters. The molecule has 0 saturated carbocycles. The lowest BCUT2D eigenvalue weighted by atomic mass is 10.0. The van der Waals surface area contributed by atoms with Gasteiger partial charge in [0, 0.05) is 6.04 Å². The van der Waals surface area contributed by atoms with E-state index in [0.717, 1.165) is 6.42 Å². The summed E-state index contributed by atoms with van der Waals surface area (Å²) in [5.74, 6) is 0.660. The summed E-state index contributed by atoms with van der Waals surface area (Å²) in [4.78, 5) is 5.61. The molecule has 0 heterocycles. The number of hydrogen-bond acceptors (Lipinski definition) is 2. The number of hydroxylamine groups is 1. The van der Waals surface area contributed by atoms with Gasteiger partial charge in [0.2, 0.25) is 0 Å². The van der Waals surface area contributed by atoms with Crippen LogP contribution in [0, 0.1) is 5.92 Å². The van der Waals surface area contributed by atoms with Gasteiger partial charge in [0.25, 0.3) is 0 Å². The van der Waals surface area contributed by atoms with E-state index in [0.29, 0.717) is 12.0 Å². The third-order valence-corrected chi connectivity index (χ3v) is 2.87. The molecule has 13 heavy (non-hydrogen) atoms. The third-order valence-electron chi connectivity index (χ3n) is 2.87. The van der Waals surface area contributed by atoms with Gasteiger partial charge < -0.3 is 0 Å². The summed E-state index contributed by atoms with van der Waals surface area (Å²) in [5, 5.41) is 0. The second-order valence-electron chi connectivity index (χ2n) is 4.51. The molecule has 0 aromatic rings. The van der Waals surface area contributed by atoms with Crippen LogP contribution in [0.25, 0.3) is 0 Å². The summed E-state index contributed by atoms with van der Waals surface area (Å²) in [6.07, 6.45) is 2.21. The smallest absolute Gasteiger partial charge is 0.0838 e. The first-order valence-electron chi connectivity index (χ1n) is 5.36. The zero-order valence-electron chi connectivity index (χ0n) is 9.98. The van der Waals surface area contributed by atoms with Crippen molar-refractivity contribution in [2.45, 2.75) is 66.0 Å². The molecule has 0 aromatic heterocycles. The molecule has 2 atom stereocenters. The van der Waals surface area contributed by atoms with Crippen molar-refractivity contribution in [3.8, 4) is 0 Å². The molecule has 0 radical (unpaired) electrons. The molecular formula is C11H25NO. The Kier molecular flexibility index (Phi) is 5.57. The molecule has 0 aromatic carbocycles. The van der Waals surface area contributed by atoms with Gasteiger partial charge >= 0.3 is 0 Å². The zero-order chi connectivity index (χ0) is 10.5. The average Bonchev–Trinajstić information content (AvgIpc) is 2.13. The largest absolute Gasteiger partial charge is 0.296 e. The normalized spacial score (nSPS) is 17.1. The van der Waals surface area contributed by atoms with Crippen molar-refractivity contribution in [2.24, 2.45) is 5.92 Å². The molecular weight excluding hydrogens is 162 g/mol. The summed E-state index contributed by atoms with van der Waals surface area (Å²) in [6.45, 7) is 12.9. The molecule has 2 nitrogen and oxygen atoms in total. The van der Waals surface area contributed by atoms with Crippen molar-refractivity contribution in [3.05, 3.63) is 0 Å². The average molecular weight is 187 g/mol. The summed E-state index contributed by atoms with van der Waals surface area (Å²) in [7, 11) is 0. The first kappa shape index (κ1) is 12.9. The van der Waals surface area contributed by atoms with E-state index in [2.05, 4.69) is 47.0 Å². The lowest BCUT2D eigenvalue weighted by Crippen LogP contribution is -2.39. The van der Waals surface area contributed by atoms with Gasteiger partial charge in [-0.15, -0.1) is 0 Å². The standard InChI is InChI=1S/C11H25NO/c1-7-9(3)10(4)12-13-11(5,6)8-2/h9-10,12H,7-8H2,1-6H3. The Morgan fingerprint density at radius 3 is 2.15 bits per heavy atom. The van der Waals surface area contributed by atoms with E-state index >= 15 is 0 Å². The van der Waals surface area contributed by atoms with E-state index in [1.54, 1.807) is 0 Å². The van der Waals surface area contributed by atoms with Crippen LogP contribution in [-0.2, 0) is 4.84 Å². The van der Waals surface area contributed by atoms with Crippen molar-refractivity contribution in [1.82, 2.24) is 5.48 Å². The second-order valence-corrected chi connectivity index (χ2v) is 4.51. The van der Waals surface area contributed by atoms with Crippen LogP contribution < -0.4 is 5.48 Å². The van der Waals surface area contributed by atoms with E-state index in [-0.39, 0.29) is 5.60 Å². The molecule has 0 saturated heterocycles. The Hall–Kier alpha value is -0.0800. The first-order chi connectivity index (χ1) is 5.93. The number of rotatable bonds is 6. The lowest BCUT2D eigenvalue weighted by molar-refractivity contribution is -0.105. The van der Waals surface area contributed by atoms with E-state index in [1.807, 2.05) is 0 Å². The summed E-state index contributed by atoms with van der Waals surface area (Å²) in [5.41, 5.74) is 3.07. The quantitative estimate of drug-likeness (QED) is 0.645. The summed E-state index contributed by atoms with van der Waals surface area (Å²) in [6, 6.07) is 0.427. The molecule has 0 aliphatic heterocycles. The van der Waals surface area contributed by atoms with Crippen molar-refractivity contribution >= 4 is 0 Å². The van der Waals surface area contributed by atoms with E-state index < -0.39 is 0 Å². The zero-order valence-corrected chi connectivity index (χ0v) is 9.98. The van der Waals surface area contributed by atoms with Gasteiger partial charge in [-0.2, -0.15) is 5.48 Å². The van der Waals surface area contributed by atoms with E-state index in [4.69, 9.17) is 4.84 Å². The van der Waals surface area contributed by atoms with Gasteiger partial charge in [0.05, 0.1) is 5.60 Å². The number of hydrogen-bond donors (Lipinski definition) is 1. The van der Waals surface area contributed by atoms with E-state index in [9.17, 15) is 0 Å². The van der Waals surface area contributed by atoms with Crippen molar-refractivity contribution in [2.75, 3.05) is 0 Å². The molecule has 1 N–H and O–H groups in total. The summed E-state index contributed by atoms with van der Waals surface area (Å²) >= 11 is 0. The fourth-order valence-corrected chi connectivity index (χ4v) is 0.794. The van der Waals surface area contributed by atoms with Crippen LogP contribution in [0.4, 0.5) is 0 Å². The predicted octanol–water partition coefficient (Wildman–Crippen LogP) is 3.13. The van der Waals surface area contributed by atoms with Crippen LogP contribution in [0.1, 0.15) is 54.4 Å². The van der Waals surface area contributed by atoms with Gasteiger partial charge in [-0.3, -0.25) is 4.84 Å². The molecule has 80 valence electrons. The van der Waals surface area contributed by atoms with Crippen LogP contribution in [0.15, 0.2) is 0 Å². The molecule has 0 aliphatic carbocycles. The minimum absolute atomic E-state index is 0.0538. The van der Waals surface area contributed by atoms with Crippen LogP contribution in [0.2, 0.25) is 0 Å². The third kappa shape index (κ3) is 5.27. The van der Waals surface area contributed by atoms with Crippen molar-refractivity contribution in [1.29, 1.82) is 0 Å². The highest BCUT2D eigenvalue weighted by atomic mass is 16.7. The molecule has 0 amide bonds. The molecule has 0 aliphatic rings. The molecule has 2 heteroatoms. The topological polar surface area (TPSA) is 21.3 Å². The highest BCUT2D eigenvalue weighted by Gasteiger charge is 2.18. The summed E-state index contributed by atoms with van der Waals surface area (Å²) < 4.78 is 0. The van der Waals surface area contributed by atoms with Gasteiger partial charge in [-0.25, -0.2) is 0 Å². The van der Waals surface area contributed by atoms with Gasteiger partial charge in [0.15, 0.2) is 0 Å². The first-order valence-corrected chi connectivity index (χ1v) is 5.36. The van der Waals surface area contributed by atoms with Crippen molar-refractivity contribution in [3.63, 3.8) is 0 Å². The molecule has 0 fully saturated rings. The minimum Gasteiger partial charge on any atom is -0.296 e. The van der Waals surface area contributed by atoms with E-state index in [1.165, 1.54) is 6.42 Å². The highest BCUT2D eigenvalue weighted by Crippen LogP contribution is 2.13. The Morgan fingerprint density at radius 2 is 1.77 bits per heavy atom. The Morgan fingerprint density at radius 1 is 1.23 bits per heavy atom. The van der Waals surface area contributed by atoms with Crippen molar-refractivity contribution < 1.29 is 4.84 Å². The Labute approximate surface area is 83.0 Å². The van der Waals surface area contributed by atoms with Gasteiger partial charge in [-0.05, 0) is 33.1 Å². The molecule has 0 bridgehead atoms. The minimum atomic E-state index is -0.0538. The maximum absolute atomic E-state index is 5.61. The predicted molar refractivity (Wildman–Crippen MR) is 57.5 cm³/mol. The maximum Gasteiger partial charge on any atom is 0.0838 e. The van der Waals surface area contributed by atoms with Crippen LogP contribution in [0.3, 0.4) is 0 Å². The Bertz CT molecular complexity index is 134. The molecule has 0 rings (SSSR count). The molecule has 0 spiro atoms.